The molecule has 0 fully saturated rings. The third-order valence-electron chi connectivity index (χ3n) is 10.9. The molecule has 65 heavy (non-hydrogen) atoms. The van der Waals surface area contributed by atoms with Gasteiger partial charge in [0.25, 0.3) is 0 Å². The number of aliphatic hydroxyl groups is 3. The van der Waals surface area contributed by atoms with Gasteiger partial charge >= 0.3 is 24.9 Å². The van der Waals surface area contributed by atoms with Crippen LogP contribution in [0.2, 0.25) is 65.0 Å². The van der Waals surface area contributed by atoms with Crippen LogP contribution in [0.15, 0.2) is 0 Å². The van der Waals surface area contributed by atoms with Gasteiger partial charge in [-0.3, -0.25) is 18.4 Å². The second kappa shape index (κ2) is 33.7. The molecule has 0 aliphatic rings. The number of hydrogen-bond donors (Lipinski definition) is 4. The van der Waals surface area contributed by atoms with Crippen LogP contribution in [-0.4, -0.2) is 145 Å². The number of carbonyl (C=O) groups excluding carboxylic acids is 1. The Morgan fingerprint density at radius 2 is 1.14 bits per heavy atom. The molecule has 0 saturated heterocycles. The number of phosphoric ester groups is 1. The molecule has 4 atom stereocenters. The number of amides is 1. The van der Waals surface area contributed by atoms with Crippen molar-refractivity contribution in [1.82, 2.24) is 5.32 Å². The van der Waals surface area contributed by atoms with Gasteiger partial charge in [-0.15, -0.1) is 0 Å². The summed E-state index contributed by atoms with van der Waals surface area (Å²) in [6.07, 6.45) is 19.9. The fourth-order valence-corrected chi connectivity index (χ4v) is 27.1. The highest BCUT2D eigenvalue weighted by atomic mass is 31.2. The van der Waals surface area contributed by atoms with E-state index in [0.29, 0.717) is 24.1 Å². The lowest BCUT2D eigenvalue weighted by molar-refractivity contribution is -0.893. The van der Waals surface area contributed by atoms with Crippen LogP contribution < -0.4 is 5.32 Å². The van der Waals surface area contributed by atoms with Crippen molar-refractivity contribution >= 4 is 47.5 Å². The summed E-state index contributed by atoms with van der Waals surface area (Å²) in [5, 5.41) is 33.4. The Morgan fingerprint density at radius 3 is 1.63 bits per heavy atom. The smallest absolute Gasteiger partial charge is 0.437 e. The van der Waals surface area contributed by atoms with E-state index in [4.69, 9.17) is 30.7 Å². The van der Waals surface area contributed by atoms with Gasteiger partial charge in [0.2, 0.25) is 5.91 Å². The molecule has 4 unspecified atom stereocenters. The lowest BCUT2D eigenvalue weighted by Crippen LogP contribution is -2.56. The molecule has 0 aromatic carbocycles. The number of rotatable bonds is 44. The number of hydrogen-bond acceptors (Lipinski definition) is 12. The average Bonchev–Trinajstić information content (AvgIpc) is 3.17. The molecule has 0 saturated carbocycles. The SMILES string of the molecule is CCCCCCCCCCCCCCCCCC[N+](C)(C)CC(O)COP(=O)(OCCCNC(=O)C(O)C(C)(C)CO)OCCOCCC[Si](C)(O[Si](C)(C)C)O[Si](C)(C)O[Si](C)(C)C. The summed E-state index contributed by atoms with van der Waals surface area (Å²) in [7, 11) is -8.67. The average molecular weight is 1020 g/mol. The Kier molecular flexibility index (Phi) is 33.7. The predicted molar refractivity (Wildman–Crippen MR) is 277 cm³/mol. The van der Waals surface area contributed by atoms with E-state index in [0.717, 1.165) is 19.0 Å². The molecule has 0 bridgehead atoms. The van der Waals surface area contributed by atoms with Crippen LogP contribution in [0.25, 0.3) is 0 Å². The molecule has 0 spiro atoms. The zero-order valence-electron chi connectivity index (χ0n) is 44.4. The Bertz CT molecular complexity index is 1280. The van der Waals surface area contributed by atoms with E-state index in [-0.39, 0.29) is 46.0 Å². The number of likely N-dealkylation sites (N-methyl/N-ethyl adjacent to an activating group) is 1. The molecule has 0 heterocycles. The molecule has 19 heteroatoms. The van der Waals surface area contributed by atoms with Crippen LogP contribution in [0, 0.1) is 5.41 Å². The van der Waals surface area contributed by atoms with Gasteiger partial charge < -0.3 is 42.2 Å². The highest BCUT2D eigenvalue weighted by Crippen LogP contribution is 2.49. The molecule has 390 valence electrons. The maximum Gasteiger partial charge on any atom is 0.474 e. The first-order valence-electron chi connectivity index (χ1n) is 25.4. The third kappa shape index (κ3) is 36.7. The normalized spacial score (nSPS) is 16.0. The minimum Gasteiger partial charge on any atom is -0.437 e. The molecule has 0 rings (SSSR count). The van der Waals surface area contributed by atoms with E-state index in [1.807, 2.05) is 0 Å². The van der Waals surface area contributed by atoms with Crippen molar-refractivity contribution in [2.75, 3.05) is 73.4 Å². The molecule has 0 radical (unpaired) electrons. The first kappa shape index (κ1) is 65.1. The van der Waals surface area contributed by atoms with Gasteiger partial charge in [-0.1, -0.05) is 111 Å². The maximum absolute atomic E-state index is 13.9. The van der Waals surface area contributed by atoms with Crippen LogP contribution >= 0.6 is 7.82 Å². The van der Waals surface area contributed by atoms with Gasteiger partial charge in [0.15, 0.2) is 16.6 Å². The Hall–Kier alpha value is 0.128. The van der Waals surface area contributed by atoms with Crippen LogP contribution in [0.4, 0.5) is 0 Å². The highest BCUT2D eigenvalue weighted by molar-refractivity contribution is 7.48. The summed E-state index contributed by atoms with van der Waals surface area (Å²) in [6.45, 7) is 26.1. The highest BCUT2D eigenvalue weighted by Gasteiger charge is 2.44. The third-order valence-corrected chi connectivity index (χ3v) is 26.0. The largest absolute Gasteiger partial charge is 0.474 e. The van der Waals surface area contributed by atoms with E-state index in [2.05, 4.69) is 85.3 Å². The molecular formula is C46H104N2O12PSi4+. The minimum atomic E-state index is -4.13. The monoisotopic (exact) mass is 1020 g/mol. The molecule has 14 nitrogen and oxygen atoms in total. The molecule has 1 amide bonds. The van der Waals surface area contributed by atoms with E-state index in [1.54, 1.807) is 13.8 Å². The van der Waals surface area contributed by atoms with Crippen LogP contribution in [0.1, 0.15) is 136 Å². The minimum absolute atomic E-state index is 0.0616. The molecule has 0 aromatic rings. The fourth-order valence-electron chi connectivity index (χ4n) is 7.94. The summed E-state index contributed by atoms with van der Waals surface area (Å²) >= 11 is 0. The number of quaternary nitrogens is 1. The Balaban J connectivity index is 5.01. The number of phosphoric acid groups is 1. The summed E-state index contributed by atoms with van der Waals surface area (Å²) in [5.41, 5.74) is -1.00. The van der Waals surface area contributed by atoms with E-state index < -0.39 is 65.1 Å². The number of carbonyl (C=O) groups is 1. The Labute approximate surface area is 403 Å². The lowest BCUT2D eigenvalue weighted by atomic mass is 9.87. The summed E-state index contributed by atoms with van der Waals surface area (Å²) < 4.78 is 57.4. The summed E-state index contributed by atoms with van der Waals surface area (Å²) in [5.74, 6) is -0.618. The number of unbranched alkanes of at least 4 members (excludes halogenated alkanes) is 15. The van der Waals surface area contributed by atoms with Gasteiger partial charge in [-0.2, -0.15) is 0 Å². The topological polar surface area (TPSA) is 171 Å². The summed E-state index contributed by atoms with van der Waals surface area (Å²) in [4.78, 5) is 12.4. The lowest BCUT2D eigenvalue weighted by Gasteiger charge is -2.41. The molecule has 0 aromatic heterocycles. The first-order chi connectivity index (χ1) is 30.1. The quantitative estimate of drug-likeness (QED) is 0.0197. The van der Waals surface area contributed by atoms with Gasteiger partial charge in [0, 0.05) is 18.6 Å². The number of aliphatic hydroxyl groups excluding tert-OH is 3. The van der Waals surface area contributed by atoms with Gasteiger partial charge in [0.1, 0.15) is 18.8 Å². The molecule has 4 N–H and O–H groups in total. The standard InChI is InChI=1S/C46H103N2O12PSi4/c1-15-16-17-18-19-20-21-22-23-24-25-26-27-28-29-30-34-48(4,5)40-43(50)41-57-61(53,55-36-31-33-47-45(52)44(51)46(2,3)42-49)56-38-37-54-35-32-39-65(14,59-63(9,10)11)60-64(12,13)58-62(6,7)8/h43-44,49-51H,15-42H2,1-14H3/p+1. The summed E-state index contributed by atoms with van der Waals surface area (Å²) in [6, 6.07) is 0.742. The van der Waals surface area contributed by atoms with E-state index in [1.165, 1.54) is 96.3 Å². The second-order valence-electron chi connectivity index (χ2n) is 22.2. The fraction of sp³-hybridized carbons (Fsp3) is 0.978. The zero-order valence-corrected chi connectivity index (χ0v) is 49.3. The van der Waals surface area contributed by atoms with Crippen LogP contribution in [-0.2, 0) is 40.0 Å². The number of nitrogens with one attached hydrogen (secondary N) is 1. The van der Waals surface area contributed by atoms with Crippen LogP contribution in [0.3, 0.4) is 0 Å². The van der Waals surface area contributed by atoms with E-state index >= 15 is 0 Å². The molecular weight excluding hydrogens is 916 g/mol. The maximum atomic E-state index is 13.9. The molecule has 0 aliphatic heterocycles. The van der Waals surface area contributed by atoms with Crippen molar-refractivity contribution in [3.63, 3.8) is 0 Å². The van der Waals surface area contributed by atoms with Crippen molar-refractivity contribution in [3.8, 4) is 0 Å². The van der Waals surface area contributed by atoms with Crippen LogP contribution in [0.5, 0.6) is 0 Å². The first-order valence-corrected chi connectivity index (χ1v) is 39.0. The van der Waals surface area contributed by atoms with Gasteiger partial charge in [0.05, 0.1) is 53.7 Å². The van der Waals surface area contributed by atoms with Gasteiger partial charge in [-0.25, -0.2) is 4.57 Å². The number of ether oxygens (including phenoxy) is 1. The van der Waals surface area contributed by atoms with Crippen molar-refractivity contribution in [3.05, 3.63) is 0 Å². The van der Waals surface area contributed by atoms with Crippen molar-refractivity contribution < 1.29 is 59.8 Å². The van der Waals surface area contributed by atoms with Crippen molar-refractivity contribution in [1.29, 1.82) is 0 Å². The van der Waals surface area contributed by atoms with Crippen molar-refractivity contribution in [2.45, 2.75) is 214 Å². The Morgan fingerprint density at radius 1 is 0.646 bits per heavy atom. The zero-order chi connectivity index (χ0) is 49.7. The van der Waals surface area contributed by atoms with E-state index in [9.17, 15) is 24.7 Å². The molecule has 0 aliphatic carbocycles. The number of nitrogens with zero attached hydrogens (tertiary/aromatic N) is 1. The van der Waals surface area contributed by atoms with Gasteiger partial charge in [-0.05, 0) is 90.7 Å². The van der Waals surface area contributed by atoms with Crippen molar-refractivity contribution in [2.24, 2.45) is 5.41 Å². The predicted octanol–water partition coefficient (Wildman–Crippen LogP) is 10.6. The second-order valence-corrected chi connectivity index (χ2v) is 40.3.